The monoisotopic (exact) mass is 289 g/mol. The van der Waals surface area contributed by atoms with E-state index in [1.807, 2.05) is 0 Å². The predicted octanol–water partition coefficient (Wildman–Crippen LogP) is 3.25. The molecule has 3 unspecified atom stereocenters. The number of alkyl halides is 3. The van der Waals surface area contributed by atoms with Crippen LogP contribution in [0.3, 0.4) is 0 Å². The molecule has 0 heterocycles. The Morgan fingerprint density at radius 2 is 1.85 bits per heavy atom. The number of hydrogen-bond acceptors (Lipinski definition) is 2. The van der Waals surface area contributed by atoms with Gasteiger partial charge < -0.3 is 10.8 Å². The van der Waals surface area contributed by atoms with E-state index in [0.29, 0.717) is 0 Å². The van der Waals surface area contributed by atoms with Crippen LogP contribution in [0.1, 0.15) is 37.3 Å². The summed E-state index contributed by atoms with van der Waals surface area (Å²) in [5.41, 5.74) is 4.93. The Bertz CT molecular complexity index is 474. The zero-order chi connectivity index (χ0) is 15.5. The molecule has 1 rings (SSSR count). The van der Waals surface area contributed by atoms with Crippen molar-refractivity contribution in [3.8, 4) is 0 Å². The van der Waals surface area contributed by atoms with Crippen LogP contribution in [-0.4, -0.2) is 17.1 Å². The normalized spacial score (nSPS) is 16.5. The minimum atomic E-state index is -4.42. The van der Waals surface area contributed by atoms with E-state index in [1.165, 1.54) is 12.1 Å². The van der Waals surface area contributed by atoms with Gasteiger partial charge in [0.2, 0.25) is 0 Å². The molecule has 0 aromatic heterocycles. The highest BCUT2D eigenvalue weighted by Gasteiger charge is 2.35. The maximum absolute atomic E-state index is 12.9. The minimum Gasteiger partial charge on any atom is -0.480 e. The fourth-order valence-electron chi connectivity index (χ4n) is 2.16. The lowest BCUT2D eigenvalue weighted by Gasteiger charge is -2.24. The third kappa shape index (κ3) is 3.96. The lowest BCUT2D eigenvalue weighted by molar-refractivity contribution is -0.140. The third-order valence-electron chi connectivity index (χ3n) is 3.55. The summed E-state index contributed by atoms with van der Waals surface area (Å²) in [6.45, 7) is 3.37. The number of carboxylic acids is 1. The summed E-state index contributed by atoms with van der Waals surface area (Å²) in [7, 11) is 0. The molecular formula is C14H18F3NO2. The molecule has 0 aliphatic carbocycles. The SMILES string of the molecule is CC(CC(N)C(=O)O)C(C)c1ccccc1C(F)(F)F. The van der Waals surface area contributed by atoms with Crippen LogP contribution in [0.4, 0.5) is 13.2 Å². The van der Waals surface area contributed by atoms with Crippen molar-refractivity contribution in [3.63, 3.8) is 0 Å². The number of rotatable bonds is 5. The van der Waals surface area contributed by atoms with E-state index in [9.17, 15) is 18.0 Å². The van der Waals surface area contributed by atoms with E-state index in [-0.39, 0.29) is 17.9 Å². The number of aliphatic carboxylic acids is 1. The van der Waals surface area contributed by atoms with Crippen molar-refractivity contribution >= 4 is 5.97 Å². The van der Waals surface area contributed by atoms with Gasteiger partial charge in [-0.15, -0.1) is 0 Å². The van der Waals surface area contributed by atoms with Crippen molar-refractivity contribution in [1.29, 1.82) is 0 Å². The summed E-state index contributed by atoms with van der Waals surface area (Å²) in [6.07, 6.45) is -4.29. The van der Waals surface area contributed by atoms with Crippen LogP contribution in [-0.2, 0) is 11.0 Å². The largest absolute Gasteiger partial charge is 0.480 e. The van der Waals surface area contributed by atoms with E-state index in [2.05, 4.69) is 0 Å². The molecule has 0 aliphatic heterocycles. The molecule has 1 aromatic rings. The number of halogens is 3. The van der Waals surface area contributed by atoms with Crippen molar-refractivity contribution in [1.82, 2.24) is 0 Å². The topological polar surface area (TPSA) is 63.3 Å². The molecule has 3 N–H and O–H groups in total. The van der Waals surface area contributed by atoms with E-state index < -0.39 is 29.7 Å². The average molecular weight is 289 g/mol. The molecule has 0 radical (unpaired) electrons. The van der Waals surface area contributed by atoms with Gasteiger partial charge in [-0.2, -0.15) is 13.2 Å². The van der Waals surface area contributed by atoms with Crippen molar-refractivity contribution in [3.05, 3.63) is 35.4 Å². The summed E-state index contributed by atoms with van der Waals surface area (Å²) < 4.78 is 38.8. The number of carboxylic acid groups (broad SMARTS) is 1. The molecule has 0 bridgehead atoms. The van der Waals surface area contributed by atoms with Crippen LogP contribution in [0.15, 0.2) is 24.3 Å². The molecular weight excluding hydrogens is 271 g/mol. The molecule has 0 saturated heterocycles. The van der Waals surface area contributed by atoms with Crippen molar-refractivity contribution in [2.24, 2.45) is 11.7 Å². The zero-order valence-corrected chi connectivity index (χ0v) is 11.3. The van der Waals surface area contributed by atoms with E-state index in [4.69, 9.17) is 10.8 Å². The molecule has 0 amide bonds. The number of hydrogen-bond donors (Lipinski definition) is 2. The van der Waals surface area contributed by atoms with Gasteiger partial charge in [-0.3, -0.25) is 4.79 Å². The van der Waals surface area contributed by atoms with E-state index in [0.717, 1.165) is 6.07 Å². The third-order valence-corrected chi connectivity index (χ3v) is 3.55. The highest BCUT2D eigenvalue weighted by Crippen LogP contribution is 2.38. The maximum atomic E-state index is 12.9. The summed E-state index contributed by atoms with van der Waals surface area (Å²) in [6, 6.07) is 4.29. The van der Waals surface area contributed by atoms with Gasteiger partial charge >= 0.3 is 12.1 Å². The Labute approximate surface area is 115 Å². The van der Waals surface area contributed by atoms with Gasteiger partial charge in [0.05, 0.1) is 5.56 Å². The average Bonchev–Trinajstić information content (AvgIpc) is 2.36. The highest BCUT2D eigenvalue weighted by atomic mass is 19.4. The second-order valence-corrected chi connectivity index (χ2v) is 5.03. The second kappa shape index (κ2) is 6.26. The van der Waals surface area contributed by atoms with Crippen molar-refractivity contribution < 1.29 is 23.1 Å². The molecule has 0 fully saturated rings. The highest BCUT2D eigenvalue weighted by molar-refractivity contribution is 5.73. The predicted molar refractivity (Wildman–Crippen MR) is 69.3 cm³/mol. The fourth-order valence-corrected chi connectivity index (χ4v) is 2.16. The van der Waals surface area contributed by atoms with Gasteiger partial charge in [0, 0.05) is 0 Å². The molecule has 112 valence electrons. The standard InChI is InChI=1S/C14H18F3NO2/c1-8(7-12(18)13(19)20)9(2)10-5-3-4-6-11(10)14(15,16)17/h3-6,8-9,12H,7,18H2,1-2H3,(H,19,20). The van der Waals surface area contributed by atoms with E-state index >= 15 is 0 Å². The fraction of sp³-hybridized carbons (Fsp3) is 0.500. The summed E-state index contributed by atoms with van der Waals surface area (Å²) >= 11 is 0. The Kier molecular flexibility index (Phi) is 5.16. The summed E-state index contributed by atoms with van der Waals surface area (Å²) in [5.74, 6) is -1.85. The number of benzene rings is 1. The zero-order valence-electron chi connectivity index (χ0n) is 11.3. The van der Waals surface area contributed by atoms with Gasteiger partial charge in [-0.25, -0.2) is 0 Å². The molecule has 20 heavy (non-hydrogen) atoms. The Hall–Kier alpha value is -1.56. The lowest BCUT2D eigenvalue weighted by Crippen LogP contribution is -2.33. The minimum absolute atomic E-state index is 0.128. The molecule has 1 aromatic carbocycles. The van der Waals surface area contributed by atoms with Crippen LogP contribution in [0.5, 0.6) is 0 Å². The Morgan fingerprint density at radius 3 is 2.35 bits per heavy atom. The van der Waals surface area contributed by atoms with Crippen LogP contribution >= 0.6 is 0 Å². The lowest BCUT2D eigenvalue weighted by atomic mass is 9.82. The molecule has 0 spiro atoms. The Balaban J connectivity index is 2.98. The smallest absolute Gasteiger partial charge is 0.416 e. The van der Waals surface area contributed by atoms with Gasteiger partial charge in [-0.1, -0.05) is 32.0 Å². The quantitative estimate of drug-likeness (QED) is 0.874. The summed E-state index contributed by atoms with van der Waals surface area (Å²) in [5, 5.41) is 8.76. The maximum Gasteiger partial charge on any atom is 0.416 e. The van der Waals surface area contributed by atoms with Crippen LogP contribution < -0.4 is 5.73 Å². The van der Waals surface area contributed by atoms with Crippen LogP contribution in [0, 0.1) is 5.92 Å². The van der Waals surface area contributed by atoms with Crippen molar-refractivity contribution in [2.45, 2.75) is 38.4 Å². The van der Waals surface area contributed by atoms with Gasteiger partial charge in [0.15, 0.2) is 0 Å². The first-order valence-electron chi connectivity index (χ1n) is 6.29. The van der Waals surface area contributed by atoms with E-state index in [1.54, 1.807) is 19.9 Å². The number of nitrogens with two attached hydrogens (primary N) is 1. The van der Waals surface area contributed by atoms with Crippen LogP contribution in [0.25, 0.3) is 0 Å². The first-order chi connectivity index (χ1) is 9.14. The molecule has 3 nitrogen and oxygen atoms in total. The molecule has 0 aliphatic rings. The van der Waals surface area contributed by atoms with Gasteiger partial charge in [0.25, 0.3) is 0 Å². The van der Waals surface area contributed by atoms with Gasteiger partial charge in [-0.05, 0) is 29.9 Å². The molecule has 0 saturated carbocycles. The molecule has 3 atom stereocenters. The molecule has 6 heteroatoms. The number of carbonyl (C=O) groups is 1. The van der Waals surface area contributed by atoms with Crippen LogP contribution in [0.2, 0.25) is 0 Å². The summed E-state index contributed by atoms with van der Waals surface area (Å²) in [4.78, 5) is 10.7. The first-order valence-corrected chi connectivity index (χ1v) is 6.29. The Morgan fingerprint density at radius 1 is 1.30 bits per heavy atom. The van der Waals surface area contributed by atoms with Gasteiger partial charge in [0.1, 0.15) is 6.04 Å². The van der Waals surface area contributed by atoms with Crippen molar-refractivity contribution in [2.75, 3.05) is 0 Å². The first kappa shape index (κ1) is 16.5. The second-order valence-electron chi connectivity index (χ2n) is 5.03.